The fourth-order valence-corrected chi connectivity index (χ4v) is 11.5. The maximum atomic E-state index is 13.2. The molecule has 1 saturated carbocycles. The minimum atomic E-state index is -1.06. The highest BCUT2D eigenvalue weighted by Crippen LogP contribution is 2.56. The van der Waals surface area contributed by atoms with Gasteiger partial charge in [0.25, 0.3) is 0 Å². The molecular formula is C52H61ClN6O4. The third-order valence-electron chi connectivity index (χ3n) is 14.7. The van der Waals surface area contributed by atoms with Gasteiger partial charge in [-0.05, 0) is 140 Å². The molecule has 3 atom stereocenters. The zero-order chi connectivity index (χ0) is 43.6. The SMILES string of the molecule is COc1ccccc1-c1nccc(CN2CCN(Cc3ccc4c(c3)[C@]3(CC[C@@](Nc5cccc(Cl)c5)(C(=O)O)CC3)[C@@H](C[C@@H](C)COc3ccnc5c3[C@H](C)CCC5)C4)CC2)n1. The molecule has 11 heteroatoms. The summed E-state index contributed by atoms with van der Waals surface area (Å²) >= 11 is 6.36. The number of piperazine rings is 1. The van der Waals surface area contributed by atoms with Crippen LogP contribution in [0.2, 0.25) is 5.02 Å². The topological polar surface area (TPSA) is 113 Å². The lowest BCUT2D eigenvalue weighted by atomic mass is 9.59. The molecule has 3 aromatic carbocycles. The predicted octanol–water partition coefficient (Wildman–Crippen LogP) is 9.98. The lowest BCUT2D eigenvalue weighted by molar-refractivity contribution is -0.144. The minimum absolute atomic E-state index is 0.113. The van der Waals surface area contributed by atoms with Crippen molar-refractivity contribution in [3.05, 3.63) is 130 Å². The molecule has 1 aliphatic heterocycles. The van der Waals surface area contributed by atoms with E-state index in [0.29, 0.717) is 48.0 Å². The lowest BCUT2D eigenvalue weighted by Crippen LogP contribution is -2.53. The Bertz CT molecular complexity index is 2410. The zero-order valence-corrected chi connectivity index (χ0v) is 37.7. The molecule has 330 valence electrons. The van der Waals surface area contributed by atoms with Crippen LogP contribution in [-0.4, -0.2) is 81.3 Å². The third kappa shape index (κ3) is 9.18. The number of aromatic nitrogens is 3. The number of carboxylic acids is 1. The molecule has 0 amide bonds. The number of ether oxygens (including phenoxy) is 2. The number of hydrogen-bond acceptors (Lipinski definition) is 9. The number of halogens is 1. The van der Waals surface area contributed by atoms with Gasteiger partial charge in [-0.1, -0.05) is 61.8 Å². The van der Waals surface area contributed by atoms with E-state index in [-0.39, 0.29) is 5.41 Å². The fourth-order valence-electron chi connectivity index (χ4n) is 11.3. The number of methoxy groups -OCH3 is 1. The molecule has 1 saturated heterocycles. The first kappa shape index (κ1) is 43.2. The number of carboxylic acid groups (broad SMARTS) is 1. The van der Waals surface area contributed by atoms with E-state index in [1.54, 1.807) is 7.11 Å². The second-order valence-corrected chi connectivity index (χ2v) is 19.2. The van der Waals surface area contributed by atoms with E-state index >= 15 is 0 Å². The molecule has 2 fully saturated rings. The van der Waals surface area contributed by atoms with Crippen LogP contribution in [0, 0.1) is 11.8 Å². The van der Waals surface area contributed by atoms with Crippen molar-refractivity contribution in [2.45, 2.75) is 102 Å². The third-order valence-corrected chi connectivity index (χ3v) is 14.9. The van der Waals surface area contributed by atoms with Crippen LogP contribution >= 0.6 is 11.6 Å². The Morgan fingerprint density at radius 2 is 1.70 bits per heavy atom. The standard InChI is InChI=1S/C52H61ClN6O4/c1-35(34-63-47-17-23-54-45-12-6-8-36(2)48(45)47)28-39-30-38-15-14-37(29-44(38)51(39)18-20-52(21-19-51,50(60)61)57-41-10-7-9-40(53)31-41)32-58-24-26-59(27-25-58)33-42-16-22-55-49(56-42)43-11-4-5-13-46(43)62-3/h4-5,7,9-11,13-17,22-23,29,31,35-36,39,57H,6,8,12,18-21,24-28,30,32-34H2,1-3H3,(H,60,61)/t35-,36-,39+,51-,52-/m1/s1. The summed E-state index contributed by atoms with van der Waals surface area (Å²) in [5, 5.41) is 14.9. The molecule has 63 heavy (non-hydrogen) atoms. The molecule has 3 aliphatic carbocycles. The van der Waals surface area contributed by atoms with Crippen molar-refractivity contribution in [1.82, 2.24) is 24.8 Å². The number of hydrogen-bond donors (Lipinski definition) is 2. The molecule has 0 unspecified atom stereocenters. The van der Waals surface area contributed by atoms with E-state index < -0.39 is 11.5 Å². The monoisotopic (exact) mass is 868 g/mol. The molecule has 9 rings (SSSR count). The van der Waals surface area contributed by atoms with Crippen LogP contribution in [0.5, 0.6) is 11.5 Å². The first-order valence-electron chi connectivity index (χ1n) is 23.0. The summed E-state index contributed by atoms with van der Waals surface area (Å²) in [4.78, 5) is 32.4. The van der Waals surface area contributed by atoms with Gasteiger partial charge in [-0.25, -0.2) is 14.8 Å². The molecule has 0 radical (unpaired) electrons. The molecule has 0 bridgehead atoms. The van der Waals surface area contributed by atoms with Crippen molar-refractivity contribution >= 4 is 23.3 Å². The van der Waals surface area contributed by atoms with Gasteiger partial charge in [0.15, 0.2) is 5.82 Å². The van der Waals surface area contributed by atoms with Crippen LogP contribution in [-0.2, 0) is 36.1 Å². The summed E-state index contributed by atoms with van der Waals surface area (Å²) in [6.07, 6.45) is 11.8. The van der Waals surface area contributed by atoms with Crippen LogP contribution in [0.15, 0.2) is 91.3 Å². The number of carbonyl (C=O) groups is 1. The van der Waals surface area contributed by atoms with Gasteiger partial charge >= 0.3 is 5.97 Å². The Morgan fingerprint density at radius 3 is 2.48 bits per heavy atom. The average Bonchev–Trinajstić information content (AvgIpc) is 3.58. The average molecular weight is 870 g/mol. The van der Waals surface area contributed by atoms with Crippen molar-refractivity contribution < 1.29 is 19.4 Å². The lowest BCUT2D eigenvalue weighted by Gasteiger charge is -2.47. The van der Waals surface area contributed by atoms with E-state index in [1.807, 2.05) is 67.0 Å². The number of aryl methyl sites for hydroxylation is 1. The van der Waals surface area contributed by atoms with Crippen LogP contribution < -0.4 is 14.8 Å². The Balaban J connectivity index is 0.898. The van der Waals surface area contributed by atoms with Crippen molar-refractivity contribution in [3.8, 4) is 22.9 Å². The smallest absolute Gasteiger partial charge is 0.329 e. The Labute approximate surface area is 377 Å². The molecule has 3 heterocycles. The van der Waals surface area contributed by atoms with Gasteiger partial charge in [0.2, 0.25) is 0 Å². The summed E-state index contributed by atoms with van der Waals surface area (Å²) in [7, 11) is 1.68. The largest absolute Gasteiger partial charge is 0.496 e. The molecule has 4 aliphatic rings. The molecule has 2 aromatic heterocycles. The van der Waals surface area contributed by atoms with E-state index in [2.05, 4.69) is 58.2 Å². The normalized spacial score (nSPS) is 24.1. The van der Waals surface area contributed by atoms with Crippen LogP contribution in [0.1, 0.15) is 98.4 Å². The number of fused-ring (bicyclic) bond motifs is 3. The zero-order valence-electron chi connectivity index (χ0n) is 37.0. The van der Waals surface area contributed by atoms with E-state index in [0.717, 1.165) is 99.8 Å². The summed E-state index contributed by atoms with van der Waals surface area (Å²) in [5.74, 6) is 2.82. The number of aliphatic carboxylic acids is 1. The Morgan fingerprint density at radius 1 is 0.921 bits per heavy atom. The van der Waals surface area contributed by atoms with Crippen LogP contribution in [0.3, 0.4) is 0 Å². The Hall–Kier alpha value is -5.03. The van der Waals surface area contributed by atoms with Gasteiger partial charge in [0.1, 0.15) is 17.0 Å². The van der Waals surface area contributed by atoms with Crippen LogP contribution in [0.25, 0.3) is 11.4 Å². The van der Waals surface area contributed by atoms with Crippen molar-refractivity contribution in [2.75, 3.05) is 45.2 Å². The molecule has 10 nitrogen and oxygen atoms in total. The molecule has 1 spiro atoms. The van der Waals surface area contributed by atoms with Gasteiger partial charge in [-0.2, -0.15) is 0 Å². The first-order chi connectivity index (χ1) is 30.6. The maximum absolute atomic E-state index is 13.2. The van der Waals surface area contributed by atoms with Crippen molar-refractivity contribution in [1.29, 1.82) is 0 Å². The number of nitrogens with one attached hydrogen (secondary N) is 1. The van der Waals surface area contributed by atoms with Crippen molar-refractivity contribution in [2.24, 2.45) is 11.8 Å². The van der Waals surface area contributed by atoms with Gasteiger partial charge in [-0.15, -0.1) is 0 Å². The quantitative estimate of drug-likeness (QED) is 0.112. The summed E-state index contributed by atoms with van der Waals surface area (Å²) in [6.45, 7) is 10.8. The van der Waals surface area contributed by atoms with Crippen LogP contribution in [0.4, 0.5) is 5.69 Å². The minimum Gasteiger partial charge on any atom is -0.496 e. The number of pyridine rings is 1. The predicted molar refractivity (Wildman–Crippen MR) is 249 cm³/mol. The highest BCUT2D eigenvalue weighted by molar-refractivity contribution is 6.30. The molecule has 5 aromatic rings. The Kier molecular flexibility index (Phi) is 12.8. The summed E-state index contributed by atoms with van der Waals surface area (Å²) in [5.41, 5.74) is 8.15. The number of para-hydroxylation sites is 1. The summed E-state index contributed by atoms with van der Waals surface area (Å²) < 4.78 is 12.2. The van der Waals surface area contributed by atoms with Gasteiger partial charge < -0.3 is 19.9 Å². The van der Waals surface area contributed by atoms with Gasteiger partial charge in [-0.3, -0.25) is 14.8 Å². The van der Waals surface area contributed by atoms with Gasteiger partial charge in [0.05, 0.1) is 25.0 Å². The van der Waals surface area contributed by atoms with Gasteiger partial charge in [0, 0.05) is 73.6 Å². The van der Waals surface area contributed by atoms with E-state index in [1.165, 1.54) is 40.8 Å². The maximum Gasteiger partial charge on any atom is 0.329 e. The number of benzene rings is 3. The molecular weight excluding hydrogens is 808 g/mol. The van der Waals surface area contributed by atoms with Crippen molar-refractivity contribution in [3.63, 3.8) is 0 Å². The fraction of sp³-hybridized carbons (Fsp3) is 0.462. The second-order valence-electron chi connectivity index (χ2n) is 18.8. The number of rotatable bonds is 14. The summed E-state index contributed by atoms with van der Waals surface area (Å²) in [6, 6.07) is 26.6. The second kappa shape index (κ2) is 18.6. The highest BCUT2D eigenvalue weighted by atomic mass is 35.5. The number of anilines is 1. The number of nitrogens with zero attached hydrogens (tertiary/aromatic N) is 5. The highest BCUT2D eigenvalue weighted by Gasteiger charge is 2.54. The first-order valence-corrected chi connectivity index (χ1v) is 23.4. The van der Waals surface area contributed by atoms with E-state index in [4.69, 9.17) is 31.0 Å². The molecule has 2 N–H and O–H groups in total. The van der Waals surface area contributed by atoms with E-state index in [9.17, 15) is 9.90 Å².